The predicted molar refractivity (Wildman–Crippen MR) is 102 cm³/mol. The number of hydrogen-bond donors (Lipinski definition) is 3. The van der Waals surface area contributed by atoms with Gasteiger partial charge in [0.25, 0.3) is 5.91 Å². The van der Waals surface area contributed by atoms with Crippen molar-refractivity contribution in [3.63, 3.8) is 0 Å². The Morgan fingerprint density at radius 3 is 2.32 bits per heavy atom. The van der Waals surface area contributed by atoms with Crippen LogP contribution in [0.5, 0.6) is 5.75 Å². The van der Waals surface area contributed by atoms with E-state index in [1.165, 1.54) is 12.1 Å². The van der Waals surface area contributed by atoms with E-state index in [1.54, 1.807) is 49.4 Å². The van der Waals surface area contributed by atoms with Crippen LogP contribution in [0.2, 0.25) is 0 Å². The molecule has 0 fully saturated rings. The van der Waals surface area contributed by atoms with E-state index in [1.807, 2.05) is 0 Å². The summed E-state index contributed by atoms with van der Waals surface area (Å²) >= 11 is 0. The van der Waals surface area contributed by atoms with E-state index in [9.17, 15) is 18.0 Å². The van der Waals surface area contributed by atoms with Crippen LogP contribution in [0.1, 0.15) is 24.9 Å². The van der Waals surface area contributed by atoms with E-state index in [4.69, 9.17) is 9.84 Å². The molecule has 0 spiro atoms. The normalized spacial score (nSPS) is 12.2. The summed E-state index contributed by atoms with van der Waals surface area (Å²) < 4.78 is 32.7. The van der Waals surface area contributed by atoms with E-state index >= 15 is 0 Å². The van der Waals surface area contributed by atoms with Gasteiger partial charge in [0.1, 0.15) is 5.75 Å². The van der Waals surface area contributed by atoms with Gasteiger partial charge >= 0.3 is 5.97 Å². The first-order chi connectivity index (χ1) is 13.3. The molecule has 1 unspecified atom stereocenters. The van der Waals surface area contributed by atoms with Gasteiger partial charge in [0.2, 0.25) is 10.0 Å². The van der Waals surface area contributed by atoms with Gasteiger partial charge in [-0.15, -0.1) is 0 Å². The van der Waals surface area contributed by atoms with Crippen LogP contribution in [0.4, 0.5) is 0 Å². The van der Waals surface area contributed by atoms with Crippen molar-refractivity contribution in [1.29, 1.82) is 0 Å². The fourth-order valence-corrected chi connectivity index (χ4v) is 3.58. The molecule has 2 rings (SSSR count). The molecule has 0 aliphatic rings. The van der Waals surface area contributed by atoms with E-state index in [0.717, 1.165) is 5.56 Å². The third-order valence-electron chi connectivity index (χ3n) is 3.80. The van der Waals surface area contributed by atoms with Gasteiger partial charge in [-0.3, -0.25) is 9.59 Å². The molecule has 0 bridgehead atoms. The molecule has 0 saturated carbocycles. The summed E-state index contributed by atoms with van der Waals surface area (Å²) in [5.74, 6) is -0.974. The Labute approximate surface area is 163 Å². The number of carbonyl (C=O) groups excluding carboxylic acids is 1. The van der Waals surface area contributed by atoms with Crippen molar-refractivity contribution in [2.75, 3.05) is 13.2 Å². The molecule has 1 amide bonds. The van der Waals surface area contributed by atoms with E-state index < -0.39 is 27.9 Å². The Balaban J connectivity index is 1.88. The first kappa shape index (κ1) is 21.4. The van der Waals surface area contributed by atoms with Crippen LogP contribution < -0.4 is 14.8 Å². The predicted octanol–water partition coefficient (Wildman–Crippen LogP) is 1.70. The smallest absolute Gasteiger partial charge is 0.305 e. The van der Waals surface area contributed by atoms with Gasteiger partial charge in [-0.25, -0.2) is 13.1 Å². The quantitative estimate of drug-likeness (QED) is 0.552. The van der Waals surface area contributed by atoms with Crippen molar-refractivity contribution in [2.24, 2.45) is 0 Å². The summed E-state index contributed by atoms with van der Waals surface area (Å²) in [6.45, 7) is 1.52. The Hall–Kier alpha value is -2.91. The topological polar surface area (TPSA) is 122 Å². The zero-order valence-corrected chi connectivity index (χ0v) is 16.1. The number of hydrogen-bond acceptors (Lipinski definition) is 5. The van der Waals surface area contributed by atoms with Crippen molar-refractivity contribution in [2.45, 2.75) is 24.3 Å². The third kappa shape index (κ3) is 6.67. The molecule has 0 aliphatic carbocycles. The highest BCUT2D eigenvalue weighted by atomic mass is 32.2. The molecule has 1 atom stereocenters. The standard InChI is InChI=1S/C19H22N2O6S/c1-14(21-28(25,26)17-5-3-2-4-6-17)15-7-9-16(10-8-15)27-13-18(22)20-12-11-19(23)24/h2-10,14,21H,11-13H2,1H3,(H,20,22)(H,23,24). The summed E-state index contributed by atoms with van der Waals surface area (Å²) in [7, 11) is -3.63. The summed E-state index contributed by atoms with van der Waals surface area (Å²) in [6.07, 6.45) is -0.156. The van der Waals surface area contributed by atoms with Crippen molar-refractivity contribution in [3.05, 3.63) is 60.2 Å². The maximum atomic E-state index is 12.4. The van der Waals surface area contributed by atoms with E-state index in [2.05, 4.69) is 10.0 Å². The van der Waals surface area contributed by atoms with Gasteiger partial charge in [-0.2, -0.15) is 0 Å². The molecule has 0 aromatic heterocycles. The molecular weight excluding hydrogens is 384 g/mol. The van der Waals surface area contributed by atoms with Crippen LogP contribution in [0.15, 0.2) is 59.5 Å². The molecule has 0 aliphatic heterocycles. The lowest BCUT2D eigenvalue weighted by atomic mass is 10.1. The molecule has 2 aromatic carbocycles. The minimum Gasteiger partial charge on any atom is -0.484 e. The molecule has 2 aromatic rings. The number of carboxylic acids is 1. The fraction of sp³-hybridized carbons (Fsp3) is 0.263. The molecule has 9 heteroatoms. The second-order valence-electron chi connectivity index (χ2n) is 6.01. The number of benzene rings is 2. The van der Waals surface area contributed by atoms with Crippen LogP contribution in [0.25, 0.3) is 0 Å². The van der Waals surface area contributed by atoms with E-state index in [-0.39, 0.29) is 24.5 Å². The van der Waals surface area contributed by atoms with Gasteiger partial charge in [0, 0.05) is 12.6 Å². The van der Waals surface area contributed by atoms with Crippen molar-refractivity contribution in [3.8, 4) is 5.75 Å². The minimum absolute atomic E-state index is 0.0372. The molecule has 0 heterocycles. The second-order valence-corrected chi connectivity index (χ2v) is 7.72. The number of nitrogens with one attached hydrogen (secondary N) is 2. The Morgan fingerprint density at radius 1 is 1.07 bits per heavy atom. The zero-order valence-electron chi connectivity index (χ0n) is 15.3. The van der Waals surface area contributed by atoms with Gasteiger partial charge < -0.3 is 15.2 Å². The minimum atomic E-state index is -3.63. The number of carbonyl (C=O) groups is 2. The first-order valence-electron chi connectivity index (χ1n) is 8.56. The Bertz CT molecular complexity index is 898. The summed E-state index contributed by atoms with van der Waals surface area (Å²) in [4.78, 5) is 22.1. The maximum Gasteiger partial charge on any atom is 0.305 e. The molecule has 8 nitrogen and oxygen atoms in total. The Morgan fingerprint density at radius 2 is 1.71 bits per heavy atom. The number of carboxylic acid groups (broad SMARTS) is 1. The van der Waals surface area contributed by atoms with Crippen LogP contribution in [0, 0.1) is 0 Å². The number of ether oxygens (including phenoxy) is 1. The van der Waals surface area contributed by atoms with Crippen molar-refractivity contribution >= 4 is 21.9 Å². The second kappa shape index (κ2) is 9.86. The molecule has 150 valence electrons. The van der Waals surface area contributed by atoms with Gasteiger partial charge in [-0.1, -0.05) is 30.3 Å². The number of aliphatic carboxylic acids is 1. The van der Waals surface area contributed by atoms with Gasteiger partial charge in [-0.05, 0) is 36.8 Å². The Kier molecular flexibility index (Phi) is 7.53. The molecule has 0 saturated heterocycles. The number of amides is 1. The average Bonchev–Trinajstić information content (AvgIpc) is 2.67. The van der Waals surface area contributed by atoms with Crippen LogP contribution >= 0.6 is 0 Å². The lowest BCUT2D eigenvalue weighted by Gasteiger charge is -2.15. The van der Waals surface area contributed by atoms with Gasteiger partial charge in [0.05, 0.1) is 11.3 Å². The SMILES string of the molecule is CC(NS(=O)(=O)c1ccccc1)c1ccc(OCC(=O)NCCC(=O)O)cc1. The summed E-state index contributed by atoms with van der Waals surface area (Å²) in [6, 6.07) is 14.3. The van der Waals surface area contributed by atoms with Crippen LogP contribution in [-0.2, 0) is 19.6 Å². The van der Waals surface area contributed by atoms with Crippen molar-refractivity contribution < 1.29 is 27.9 Å². The van der Waals surface area contributed by atoms with Crippen LogP contribution in [0.3, 0.4) is 0 Å². The zero-order chi connectivity index (χ0) is 20.6. The highest BCUT2D eigenvalue weighted by Gasteiger charge is 2.18. The maximum absolute atomic E-state index is 12.4. The third-order valence-corrected chi connectivity index (χ3v) is 5.35. The summed E-state index contributed by atoms with van der Waals surface area (Å²) in [5.41, 5.74) is 0.734. The lowest BCUT2D eigenvalue weighted by molar-refractivity contribution is -0.137. The monoisotopic (exact) mass is 406 g/mol. The highest BCUT2D eigenvalue weighted by molar-refractivity contribution is 7.89. The number of rotatable bonds is 10. The van der Waals surface area contributed by atoms with Crippen LogP contribution in [-0.4, -0.2) is 38.6 Å². The van der Waals surface area contributed by atoms with E-state index in [0.29, 0.717) is 5.75 Å². The first-order valence-corrected chi connectivity index (χ1v) is 10.0. The molecule has 28 heavy (non-hydrogen) atoms. The number of sulfonamides is 1. The lowest BCUT2D eigenvalue weighted by Crippen LogP contribution is -2.30. The van der Waals surface area contributed by atoms with Gasteiger partial charge in [0.15, 0.2) is 6.61 Å². The largest absolute Gasteiger partial charge is 0.484 e. The summed E-state index contributed by atoms with van der Waals surface area (Å²) in [5, 5.41) is 10.9. The molecule has 0 radical (unpaired) electrons. The highest BCUT2D eigenvalue weighted by Crippen LogP contribution is 2.20. The average molecular weight is 406 g/mol. The molecular formula is C19H22N2O6S. The fourth-order valence-electron chi connectivity index (χ4n) is 2.33. The van der Waals surface area contributed by atoms with Crippen molar-refractivity contribution in [1.82, 2.24) is 10.0 Å². The molecule has 3 N–H and O–H groups in total.